The molecule has 0 aliphatic heterocycles. The molecule has 0 saturated carbocycles. The summed E-state index contributed by atoms with van der Waals surface area (Å²) in [7, 11) is 1.81. The van der Waals surface area contributed by atoms with Crippen LogP contribution in [0.4, 0.5) is 0 Å². The van der Waals surface area contributed by atoms with Crippen LogP contribution in [0.15, 0.2) is 12.1 Å². The van der Waals surface area contributed by atoms with Gasteiger partial charge >= 0.3 is 0 Å². The van der Waals surface area contributed by atoms with E-state index in [0.717, 1.165) is 16.9 Å². The number of pyridine rings is 1. The first kappa shape index (κ1) is 7.17. The fraction of sp³-hybridized carbons (Fsp3) is 0.286. The molecule has 0 fully saturated rings. The third-order valence-corrected chi connectivity index (χ3v) is 1.71. The standard InChI is InChI=1S/C7H9N5/c1-12-7-6(10-11-12)3-2-5(4-8)9-7/h2-3H,4,8H2,1H3. The van der Waals surface area contributed by atoms with E-state index in [0.29, 0.717) is 6.54 Å². The van der Waals surface area contributed by atoms with Crippen LogP contribution in [0, 0.1) is 0 Å². The van der Waals surface area contributed by atoms with Gasteiger partial charge in [-0.1, -0.05) is 5.21 Å². The molecule has 5 heteroatoms. The van der Waals surface area contributed by atoms with Crippen LogP contribution in [0.25, 0.3) is 11.2 Å². The number of rotatable bonds is 1. The molecular weight excluding hydrogens is 154 g/mol. The van der Waals surface area contributed by atoms with Gasteiger partial charge in [0.2, 0.25) is 0 Å². The van der Waals surface area contributed by atoms with Gasteiger partial charge in [0.1, 0.15) is 5.52 Å². The number of aromatic nitrogens is 4. The first-order valence-corrected chi connectivity index (χ1v) is 3.66. The van der Waals surface area contributed by atoms with Gasteiger partial charge in [-0.05, 0) is 12.1 Å². The van der Waals surface area contributed by atoms with Gasteiger partial charge in [0.15, 0.2) is 5.65 Å². The molecule has 0 aliphatic carbocycles. The van der Waals surface area contributed by atoms with Crippen molar-refractivity contribution in [2.75, 3.05) is 0 Å². The lowest BCUT2D eigenvalue weighted by Crippen LogP contribution is -2.00. The van der Waals surface area contributed by atoms with E-state index in [2.05, 4.69) is 15.3 Å². The molecule has 0 amide bonds. The van der Waals surface area contributed by atoms with Crippen molar-refractivity contribution in [3.8, 4) is 0 Å². The average molecular weight is 163 g/mol. The summed E-state index contributed by atoms with van der Waals surface area (Å²) in [6.07, 6.45) is 0. The Morgan fingerprint density at radius 1 is 1.50 bits per heavy atom. The molecule has 5 nitrogen and oxygen atoms in total. The minimum absolute atomic E-state index is 0.446. The molecular formula is C7H9N5. The molecule has 0 spiro atoms. The van der Waals surface area contributed by atoms with Crippen LogP contribution in [-0.4, -0.2) is 20.0 Å². The highest BCUT2D eigenvalue weighted by Crippen LogP contribution is 2.06. The second-order valence-corrected chi connectivity index (χ2v) is 2.56. The SMILES string of the molecule is Cn1nnc2ccc(CN)nc21. The summed E-state index contributed by atoms with van der Waals surface area (Å²) in [4.78, 5) is 4.27. The molecule has 2 heterocycles. The summed E-state index contributed by atoms with van der Waals surface area (Å²) < 4.78 is 1.63. The molecule has 0 radical (unpaired) electrons. The highest BCUT2D eigenvalue weighted by molar-refractivity contribution is 5.69. The molecule has 12 heavy (non-hydrogen) atoms. The maximum Gasteiger partial charge on any atom is 0.178 e. The van der Waals surface area contributed by atoms with E-state index in [1.807, 2.05) is 19.2 Å². The highest BCUT2D eigenvalue weighted by Gasteiger charge is 2.02. The van der Waals surface area contributed by atoms with Crippen molar-refractivity contribution in [1.82, 2.24) is 20.0 Å². The summed E-state index contributed by atoms with van der Waals surface area (Å²) in [6.45, 7) is 0.446. The zero-order valence-electron chi connectivity index (χ0n) is 6.73. The van der Waals surface area contributed by atoms with Crippen molar-refractivity contribution in [1.29, 1.82) is 0 Å². The summed E-state index contributed by atoms with van der Waals surface area (Å²) in [5.74, 6) is 0. The Morgan fingerprint density at radius 2 is 2.33 bits per heavy atom. The quantitative estimate of drug-likeness (QED) is 0.633. The second-order valence-electron chi connectivity index (χ2n) is 2.56. The molecule has 2 aromatic rings. The molecule has 2 aromatic heterocycles. The number of nitrogens with zero attached hydrogens (tertiary/aromatic N) is 4. The highest BCUT2D eigenvalue weighted by atomic mass is 15.4. The van der Waals surface area contributed by atoms with Crippen molar-refractivity contribution < 1.29 is 0 Å². The van der Waals surface area contributed by atoms with E-state index in [1.54, 1.807) is 4.68 Å². The monoisotopic (exact) mass is 163 g/mol. The van der Waals surface area contributed by atoms with Gasteiger partial charge in [-0.25, -0.2) is 9.67 Å². The van der Waals surface area contributed by atoms with E-state index >= 15 is 0 Å². The lowest BCUT2D eigenvalue weighted by molar-refractivity contribution is 0.728. The van der Waals surface area contributed by atoms with Gasteiger partial charge in [-0.2, -0.15) is 0 Å². The smallest absolute Gasteiger partial charge is 0.178 e. The minimum atomic E-state index is 0.446. The number of hydrogen-bond donors (Lipinski definition) is 1. The van der Waals surface area contributed by atoms with Crippen LogP contribution in [-0.2, 0) is 13.6 Å². The first-order chi connectivity index (χ1) is 5.81. The molecule has 0 bridgehead atoms. The predicted molar refractivity (Wildman–Crippen MR) is 44.2 cm³/mol. The van der Waals surface area contributed by atoms with E-state index in [9.17, 15) is 0 Å². The lowest BCUT2D eigenvalue weighted by Gasteiger charge is -1.95. The van der Waals surface area contributed by atoms with Crippen LogP contribution in [0.2, 0.25) is 0 Å². The largest absolute Gasteiger partial charge is 0.325 e. The Labute approximate surface area is 69.2 Å². The molecule has 0 saturated heterocycles. The van der Waals surface area contributed by atoms with Crippen LogP contribution < -0.4 is 5.73 Å². The summed E-state index contributed by atoms with van der Waals surface area (Å²) in [5.41, 5.74) is 7.88. The van der Waals surface area contributed by atoms with Gasteiger partial charge in [-0.15, -0.1) is 5.10 Å². The number of hydrogen-bond acceptors (Lipinski definition) is 4. The maximum absolute atomic E-state index is 5.45. The molecule has 0 atom stereocenters. The lowest BCUT2D eigenvalue weighted by atomic mass is 10.3. The van der Waals surface area contributed by atoms with Crippen molar-refractivity contribution in [3.63, 3.8) is 0 Å². The fourth-order valence-corrected chi connectivity index (χ4v) is 1.07. The normalized spacial score (nSPS) is 10.8. The van der Waals surface area contributed by atoms with Crippen molar-refractivity contribution in [2.45, 2.75) is 6.54 Å². The second kappa shape index (κ2) is 2.53. The number of fused-ring (bicyclic) bond motifs is 1. The fourth-order valence-electron chi connectivity index (χ4n) is 1.07. The maximum atomic E-state index is 5.45. The summed E-state index contributed by atoms with van der Waals surface area (Å²) in [6, 6.07) is 3.73. The van der Waals surface area contributed by atoms with E-state index in [-0.39, 0.29) is 0 Å². The molecule has 0 unspecified atom stereocenters. The zero-order chi connectivity index (χ0) is 8.55. The van der Waals surface area contributed by atoms with Crippen molar-refractivity contribution >= 4 is 11.2 Å². The van der Waals surface area contributed by atoms with Crippen LogP contribution >= 0.6 is 0 Å². The van der Waals surface area contributed by atoms with Gasteiger partial charge in [0.25, 0.3) is 0 Å². The van der Waals surface area contributed by atoms with Gasteiger partial charge < -0.3 is 5.73 Å². The van der Waals surface area contributed by atoms with E-state index in [4.69, 9.17) is 5.73 Å². The van der Waals surface area contributed by atoms with Crippen LogP contribution in [0.3, 0.4) is 0 Å². The predicted octanol–water partition coefficient (Wildman–Crippen LogP) is -0.178. The van der Waals surface area contributed by atoms with Crippen LogP contribution in [0.1, 0.15) is 5.69 Å². The third kappa shape index (κ3) is 0.947. The minimum Gasteiger partial charge on any atom is -0.325 e. The zero-order valence-corrected chi connectivity index (χ0v) is 6.73. The number of nitrogens with two attached hydrogens (primary N) is 1. The summed E-state index contributed by atoms with van der Waals surface area (Å²) in [5, 5.41) is 7.74. The Kier molecular flexibility index (Phi) is 1.51. The Balaban J connectivity index is 2.71. The Hall–Kier alpha value is -1.49. The van der Waals surface area contributed by atoms with Crippen molar-refractivity contribution in [2.24, 2.45) is 12.8 Å². The average Bonchev–Trinajstić information content (AvgIpc) is 2.47. The van der Waals surface area contributed by atoms with E-state index in [1.165, 1.54) is 0 Å². The molecule has 0 aliphatic rings. The molecule has 0 aromatic carbocycles. The Bertz CT molecular complexity index is 405. The first-order valence-electron chi connectivity index (χ1n) is 3.66. The van der Waals surface area contributed by atoms with E-state index < -0.39 is 0 Å². The third-order valence-electron chi connectivity index (χ3n) is 1.71. The van der Waals surface area contributed by atoms with Gasteiger partial charge in [0, 0.05) is 13.6 Å². The molecule has 2 rings (SSSR count). The van der Waals surface area contributed by atoms with Crippen molar-refractivity contribution in [3.05, 3.63) is 17.8 Å². The number of aryl methyl sites for hydroxylation is 1. The van der Waals surface area contributed by atoms with Crippen LogP contribution in [0.5, 0.6) is 0 Å². The Morgan fingerprint density at radius 3 is 3.08 bits per heavy atom. The topological polar surface area (TPSA) is 69.6 Å². The van der Waals surface area contributed by atoms with Gasteiger partial charge in [0.05, 0.1) is 5.69 Å². The van der Waals surface area contributed by atoms with Gasteiger partial charge in [-0.3, -0.25) is 0 Å². The summed E-state index contributed by atoms with van der Waals surface area (Å²) >= 11 is 0. The molecule has 2 N–H and O–H groups in total. The molecule has 62 valence electrons.